The van der Waals surface area contributed by atoms with Gasteiger partial charge in [0.25, 0.3) is 5.88 Å². The summed E-state index contributed by atoms with van der Waals surface area (Å²) in [4.78, 5) is 3.99. The second kappa shape index (κ2) is 3.91. The molecule has 2 aromatic heterocycles. The van der Waals surface area contributed by atoms with Gasteiger partial charge in [-0.15, -0.1) is 10.2 Å². The van der Waals surface area contributed by atoms with E-state index in [0.29, 0.717) is 17.3 Å². The highest BCUT2D eigenvalue weighted by molar-refractivity contribution is 5.63. The van der Waals surface area contributed by atoms with Crippen LogP contribution in [-0.4, -0.2) is 22.3 Å². The van der Waals surface area contributed by atoms with Crippen molar-refractivity contribution in [2.45, 2.75) is 0 Å². The summed E-state index contributed by atoms with van der Waals surface area (Å²) >= 11 is 0. The number of hydrogen-bond acceptors (Lipinski definition) is 5. The highest BCUT2D eigenvalue weighted by Gasteiger charge is 2.05. The Kier molecular flexibility index (Phi) is 2.45. The minimum absolute atomic E-state index is 0.336. The number of nitrogen functional groups attached to an aromatic ring is 1. The van der Waals surface area contributed by atoms with E-state index in [0.717, 1.165) is 5.56 Å². The number of nitrogens with two attached hydrogens (primary N) is 1. The van der Waals surface area contributed by atoms with Crippen LogP contribution in [-0.2, 0) is 0 Å². The maximum absolute atomic E-state index is 5.72. The molecule has 5 nitrogen and oxygen atoms in total. The summed E-state index contributed by atoms with van der Waals surface area (Å²) in [6, 6.07) is 5.43. The first kappa shape index (κ1) is 9.39. The van der Waals surface area contributed by atoms with Crippen LogP contribution in [0.25, 0.3) is 11.3 Å². The number of anilines is 1. The SMILES string of the molecule is COc1nnc(-c2cccnc2)cc1N. The van der Waals surface area contributed by atoms with Gasteiger partial charge in [-0.1, -0.05) is 0 Å². The fourth-order valence-electron chi connectivity index (χ4n) is 1.21. The molecule has 2 N–H and O–H groups in total. The quantitative estimate of drug-likeness (QED) is 0.790. The summed E-state index contributed by atoms with van der Waals surface area (Å²) in [5, 5.41) is 7.83. The standard InChI is InChI=1S/C10H10N4O/c1-15-10-8(11)5-9(13-14-10)7-3-2-4-12-6-7/h2-6H,1H3,(H2,11,13). The van der Waals surface area contributed by atoms with Gasteiger partial charge in [0.05, 0.1) is 18.5 Å². The number of aromatic nitrogens is 3. The molecule has 0 fully saturated rings. The second-order valence-electron chi connectivity index (χ2n) is 2.94. The summed E-state index contributed by atoms with van der Waals surface area (Å²) in [5.41, 5.74) is 7.74. The maximum atomic E-state index is 5.72. The number of methoxy groups -OCH3 is 1. The van der Waals surface area contributed by atoms with Crippen LogP contribution in [0.3, 0.4) is 0 Å². The largest absolute Gasteiger partial charge is 0.478 e. The van der Waals surface area contributed by atoms with E-state index in [-0.39, 0.29) is 0 Å². The molecule has 0 saturated heterocycles. The van der Waals surface area contributed by atoms with E-state index in [1.165, 1.54) is 7.11 Å². The number of pyridine rings is 1. The summed E-state index contributed by atoms with van der Waals surface area (Å²) in [7, 11) is 1.50. The predicted molar refractivity (Wildman–Crippen MR) is 56.2 cm³/mol. The van der Waals surface area contributed by atoms with E-state index in [4.69, 9.17) is 10.5 Å². The molecule has 76 valence electrons. The Bertz CT molecular complexity index is 458. The van der Waals surface area contributed by atoms with Crippen LogP contribution >= 0.6 is 0 Å². The fraction of sp³-hybridized carbons (Fsp3) is 0.100. The first-order chi connectivity index (χ1) is 7.31. The van der Waals surface area contributed by atoms with Crippen LogP contribution in [0, 0.1) is 0 Å². The Balaban J connectivity index is 2.43. The summed E-state index contributed by atoms with van der Waals surface area (Å²) in [6.07, 6.45) is 3.40. The molecule has 0 bridgehead atoms. The molecule has 2 heterocycles. The van der Waals surface area contributed by atoms with Gasteiger partial charge in [-0.3, -0.25) is 4.98 Å². The van der Waals surface area contributed by atoms with Gasteiger partial charge in [-0.05, 0) is 18.2 Å². The summed E-state index contributed by atoms with van der Waals surface area (Å²) in [6.45, 7) is 0. The van der Waals surface area contributed by atoms with Gasteiger partial charge in [0.15, 0.2) is 0 Å². The molecule has 0 aliphatic rings. The van der Waals surface area contributed by atoms with Crippen LogP contribution < -0.4 is 10.5 Å². The molecule has 0 saturated carbocycles. The van der Waals surface area contributed by atoms with E-state index in [2.05, 4.69) is 15.2 Å². The van der Waals surface area contributed by atoms with Crippen LogP contribution in [0.1, 0.15) is 0 Å². The molecule has 5 heteroatoms. The first-order valence-electron chi connectivity index (χ1n) is 4.39. The van der Waals surface area contributed by atoms with Crippen molar-refractivity contribution < 1.29 is 4.74 Å². The molecule has 2 rings (SSSR count). The van der Waals surface area contributed by atoms with E-state index >= 15 is 0 Å². The Labute approximate surface area is 86.9 Å². The Morgan fingerprint density at radius 2 is 2.20 bits per heavy atom. The van der Waals surface area contributed by atoms with Crippen LogP contribution in [0.5, 0.6) is 5.88 Å². The summed E-state index contributed by atoms with van der Waals surface area (Å²) in [5.74, 6) is 0.336. The van der Waals surface area contributed by atoms with E-state index in [9.17, 15) is 0 Å². The normalized spacial score (nSPS) is 9.93. The van der Waals surface area contributed by atoms with Gasteiger partial charge in [0.1, 0.15) is 0 Å². The average Bonchev–Trinajstić information content (AvgIpc) is 2.30. The third-order valence-electron chi connectivity index (χ3n) is 1.94. The zero-order valence-corrected chi connectivity index (χ0v) is 8.21. The van der Waals surface area contributed by atoms with Crippen molar-refractivity contribution in [3.8, 4) is 17.1 Å². The van der Waals surface area contributed by atoms with Crippen molar-refractivity contribution in [3.05, 3.63) is 30.6 Å². The van der Waals surface area contributed by atoms with Crippen molar-refractivity contribution in [3.63, 3.8) is 0 Å². The lowest BCUT2D eigenvalue weighted by Crippen LogP contribution is -1.98. The number of ether oxygens (including phenoxy) is 1. The van der Waals surface area contributed by atoms with Gasteiger partial charge >= 0.3 is 0 Å². The van der Waals surface area contributed by atoms with E-state index in [1.54, 1.807) is 18.5 Å². The van der Waals surface area contributed by atoms with Crippen LogP contribution in [0.15, 0.2) is 30.6 Å². The molecule has 0 radical (unpaired) electrons. The van der Waals surface area contributed by atoms with Crippen LogP contribution in [0.2, 0.25) is 0 Å². The third-order valence-corrected chi connectivity index (χ3v) is 1.94. The third kappa shape index (κ3) is 1.85. The molecular weight excluding hydrogens is 192 g/mol. The van der Waals surface area contributed by atoms with Gasteiger partial charge in [-0.25, -0.2) is 0 Å². The molecule has 2 aromatic rings. The van der Waals surface area contributed by atoms with E-state index < -0.39 is 0 Å². The number of hydrogen-bond donors (Lipinski definition) is 1. The molecule has 0 amide bonds. The predicted octanol–water partition coefficient (Wildman–Crippen LogP) is 1.13. The number of nitrogens with zero attached hydrogens (tertiary/aromatic N) is 3. The molecule has 0 aliphatic carbocycles. The zero-order chi connectivity index (χ0) is 10.7. The van der Waals surface area contributed by atoms with Crippen LogP contribution in [0.4, 0.5) is 5.69 Å². The molecule has 0 atom stereocenters. The monoisotopic (exact) mass is 202 g/mol. The lowest BCUT2D eigenvalue weighted by atomic mass is 10.2. The van der Waals surface area contributed by atoms with Gasteiger partial charge in [0, 0.05) is 18.0 Å². The maximum Gasteiger partial charge on any atom is 0.256 e. The molecule has 15 heavy (non-hydrogen) atoms. The molecule has 0 aliphatic heterocycles. The average molecular weight is 202 g/mol. The lowest BCUT2D eigenvalue weighted by Gasteiger charge is -2.04. The fourth-order valence-corrected chi connectivity index (χ4v) is 1.21. The molecule has 0 aromatic carbocycles. The van der Waals surface area contributed by atoms with Crippen molar-refractivity contribution in [2.75, 3.05) is 12.8 Å². The van der Waals surface area contributed by atoms with Gasteiger partial charge < -0.3 is 10.5 Å². The van der Waals surface area contributed by atoms with E-state index in [1.807, 2.05) is 12.1 Å². The summed E-state index contributed by atoms with van der Waals surface area (Å²) < 4.78 is 4.92. The highest BCUT2D eigenvalue weighted by Crippen LogP contribution is 2.22. The lowest BCUT2D eigenvalue weighted by molar-refractivity contribution is 0.394. The Hall–Kier alpha value is -2.17. The first-order valence-corrected chi connectivity index (χ1v) is 4.39. The van der Waals surface area contributed by atoms with Crippen molar-refractivity contribution in [1.82, 2.24) is 15.2 Å². The molecule has 0 spiro atoms. The van der Waals surface area contributed by atoms with Crippen molar-refractivity contribution >= 4 is 5.69 Å². The number of rotatable bonds is 2. The molecular formula is C10H10N4O. The highest BCUT2D eigenvalue weighted by atomic mass is 16.5. The minimum atomic E-state index is 0.336. The molecule has 0 unspecified atom stereocenters. The Morgan fingerprint density at radius 1 is 1.33 bits per heavy atom. The zero-order valence-electron chi connectivity index (χ0n) is 8.21. The smallest absolute Gasteiger partial charge is 0.256 e. The minimum Gasteiger partial charge on any atom is -0.478 e. The Morgan fingerprint density at radius 3 is 2.80 bits per heavy atom. The topological polar surface area (TPSA) is 73.9 Å². The second-order valence-corrected chi connectivity index (χ2v) is 2.94. The van der Waals surface area contributed by atoms with Gasteiger partial charge in [0.2, 0.25) is 0 Å². The van der Waals surface area contributed by atoms with Crippen molar-refractivity contribution in [2.24, 2.45) is 0 Å². The van der Waals surface area contributed by atoms with Crippen molar-refractivity contribution in [1.29, 1.82) is 0 Å². The van der Waals surface area contributed by atoms with Gasteiger partial charge in [-0.2, -0.15) is 0 Å².